The van der Waals surface area contributed by atoms with E-state index in [1.165, 1.54) is 12.0 Å². The molecule has 0 aromatic carbocycles. The van der Waals surface area contributed by atoms with E-state index >= 15 is 0 Å². The normalized spacial score (nSPS) is 31.2. The van der Waals surface area contributed by atoms with E-state index in [1.54, 1.807) is 0 Å². The molecular formula is C10H18ClN. The third-order valence-electron chi connectivity index (χ3n) is 2.47. The molecular weight excluding hydrogens is 170 g/mol. The highest BCUT2D eigenvalue weighted by Gasteiger charge is 2.22. The van der Waals surface area contributed by atoms with Crippen molar-refractivity contribution in [3.63, 3.8) is 0 Å². The zero-order valence-electron chi connectivity index (χ0n) is 8.02. The third-order valence-corrected chi connectivity index (χ3v) is 2.85. The molecule has 2 unspecified atom stereocenters. The van der Waals surface area contributed by atoms with Gasteiger partial charge in [-0.2, -0.15) is 0 Å². The van der Waals surface area contributed by atoms with E-state index in [1.807, 2.05) is 0 Å². The lowest BCUT2D eigenvalue weighted by Gasteiger charge is -2.29. The second-order valence-electron chi connectivity index (χ2n) is 4.00. The molecule has 0 saturated heterocycles. The zero-order chi connectivity index (χ0) is 9.14. The molecule has 0 aromatic heterocycles. The van der Waals surface area contributed by atoms with Gasteiger partial charge in [0.1, 0.15) is 0 Å². The largest absolute Gasteiger partial charge is 0.309 e. The van der Waals surface area contributed by atoms with Crippen LogP contribution in [0.15, 0.2) is 12.2 Å². The van der Waals surface area contributed by atoms with Crippen LogP contribution < -0.4 is 0 Å². The highest BCUT2D eigenvalue weighted by atomic mass is 35.5. The maximum atomic E-state index is 6.04. The second-order valence-corrected chi connectivity index (χ2v) is 4.61. The highest BCUT2D eigenvalue weighted by Crippen LogP contribution is 2.31. The van der Waals surface area contributed by atoms with Gasteiger partial charge in [0, 0.05) is 11.9 Å². The summed E-state index contributed by atoms with van der Waals surface area (Å²) < 4.78 is 0. The molecule has 1 fully saturated rings. The number of alkyl halides is 1. The molecule has 12 heavy (non-hydrogen) atoms. The van der Waals surface area contributed by atoms with Crippen LogP contribution in [0.2, 0.25) is 0 Å². The first-order chi connectivity index (χ1) is 5.59. The minimum absolute atomic E-state index is 0.343. The van der Waals surface area contributed by atoms with Crippen LogP contribution in [0.25, 0.3) is 0 Å². The molecule has 1 nitrogen and oxygen atoms in total. The Hall–Kier alpha value is -0.0100. The van der Waals surface area contributed by atoms with Crippen molar-refractivity contribution >= 4 is 11.6 Å². The van der Waals surface area contributed by atoms with Gasteiger partial charge in [0.25, 0.3) is 0 Å². The number of halogens is 1. The number of rotatable bonds is 2. The summed E-state index contributed by atoms with van der Waals surface area (Å²) in [5.74, 6) is 0.676. The Balaban J connectivity index is 2.40. The SMILES string of the molecule is C=C1CC(Cl)CCC1CN(C)C. The Morgan fingerprint density at radius 1 is 1.50 bits per heavy atom. The van der Waals surface area contributed by atoms with Crippen LogP contribution in [0.5, 0.6) is 0 Å². The molecule has 1 saturated carbocycles. The van der Waals surface area contributed by atoms with Crippen LogP contribution in [0, 0.1) is 5.92 Å². The lowest BCUT2D eigenvalue weighted by atomic mass is 9.85. The van der Waals surface area contributed by atoms with E-state index in [0.29, 0.717) is 11.3 Å². The maximum absolute atomic E-state index is 6.04. The van der Waals surface area contributed by atoms with Crippen LogP contribution in [-0.2, 0) is 0 Å². The standard InChI is InChI=1S/C10H18ClN/c1-8-6-10(11)5-4-9(8)7-12(2)3/h9-10H,1,4-7H2,2-3H3. The van der Waals surface area contributed by atoms with Crippen molar-refractivity contribution in [1.29, 1.82) is 0 Å². The fourth-order valence-electron chi connectivity index (χ4n) is 1.80. The van der Waals surface area contributed by atoms with Crippen LogP contribution in [0.1, 0.15) is 19.3 Å². The van der Waals surface area contributed by atoms with Gasteiger partial charge in [-0.3, -0.25) is 0 Å². The van der Waals surface area contributed by atoms with Crippen molar-refractivity contribution in [1.82, 2.24) is 4.90 Å². The van der Waals surface area contributed by atoms with Crippen LogP contribution in [-0.4, -0.2) is 30.9 Å². The third kappa shape index (κ3) is 2.80. The summed E-state index contributed by atoms with van der Waals surface area (Å²) in [4.78, 5) is 2.23. The molecule has 0 aromatic rings. The predicted molar refractivity (Wildman–Crippen MR) is 54.7 cm³/mol. The Bertz CT molecular complexity index is 165. The van der Waals surface area contributed by atoms with Crippen molar-refractivity contribution in [3.05, 3.63) is 12.2 Å². The Labute approximate surface area is 80.4 Å². The number of hydrogen-bond acceptors (Lipinski definition) is 1. The van der Waals surface area contributed by atoms with Gasteiger partial charge in [0.15, 0.2) is 0 Å². The first-order valence-corrected chi connectivity index (χ1v) is 4.99. The van der Waals surface area contributed by atoms with E-state index in [0.717, 1.165) is 19.4 Å². The van der Waals surface area contributed by atoms with Gasteiger partial charge in [-0.05, 0) is 39.3 Å². The fourth-order valence-corrected chi connectivity index (χ4v) is 2.12. The summed E-state index contributed by atoms with van der Waals surface area (Å²) in [6.45, 7) is 5.22. The average Bonchev–Trinajstić information content (AvgIpc) is 1.94. The van der Waals surface area contributed by atoms with E-state index < -0.39 is 0 Å². The second kappa shape index (κ2) is 4.29. The molecule has 1 rings (SSSR count). The summed E-state index contributed by atoms with van der Waals surface area (Å²) in [5, 5.41) is 0.343. The smallest absolute Gasteiger partial charge is 0.0373 e. The first-order valence-electron chi connectivity index (χ1n) is 4.56. The van der Waals surface area contributed by atoms with Gasteiger partial charge in [-0.25, -0.2) is 0 Å². The van der Waals surface area contributed by atoms with Crippen LogP contribution in [0.4, 0.5) is 0 Å². The molecule has 0 radical (unpaired) electrons. The fraction of sp³-hybridized carbons (Fsp3) is 0.800. The summed E-state index contributed by atoms with van der Waals surface area (Å²) in [5.41, 5.74) is 1.34. The van der Waals surface area contributed by atoms with Gasteiger partial charge in [0.05, 0.1) is 0 Å². The van der Waals surface area contributed by atoms with Gasteiger partial charge >= 0.3 is 0 Å². The first kappa shape index (κ1) is 10.1. The van der Waals surface area contributed by atoms with Gasteiger partial charge in [0.2, 0.25) is 0 Å². The minimum Gasteiger partial charge on any atom is -0.309 e. The molecule has 2 atom stereocenters. The number of nitrogens with zero attached hydrogens (tertiary/aromatic N) is 1. The molecule has 2 heteroatoms. The van der Waals surface area contributed by atoms with Crippen molar-refractivity contribution < 1.29 is 0 Å². The Morgan fingerprint density at radius 2 is 2.17 bits per heavy atom. The van der Waals surface area contributed by atoms with Crippen LogP contribution >= 0.6 is 11.6 Å². The van der Waals surface area contributed by atoms with Crippen molar-refractivity contribution in [2.75, 3.05) is 20.6 Å². The van der Waals surface area contributed by atoms with Crippen molar-refractivity contribution in [2.24, 2.45) is 5.92 Å². The summed E-state index contributed by atoms with van der Waals surface area (Å²) in [7, 11) is 4.22. The Kier molecular flexibility index (Phi) is 3.60. The zero-order valence-corrected chi connectivity index (χ0v) is 8.77. The monoisotopic (exact) mass is 187 g/mol. The minimum atomic E-state index is 0.343. The molecule has 1 aliphatic rings. The van der Waals surface area contributed by atoms with E-state index in [9.17, 15) is 0 Å². The molecule has 70 valence electrons. The van der Waals surface area contributed by atoms with Gasteiger partial charge in [-0.1, -0.05) is 12.2 Å². The van der Waals surface area contributed by atoms with Crippen LogP contribution in [0.3, 0.4) is 0 Å². The quantitative estimate of drug-likeness (QED) is 0.475. The summed E-state index contributed by atoms with van der Waals surface area (Å²) >= 11 is 6.04. The molecule has 0 spiro atoms. The predicted octanol–water partition coefficient (Wildman–Crippen LogP) is 2.51. The summed E-state index contributed by atoms with van der Waals surface area (Å²) in [6.07, 6.45) is 3.38. The average molecular weight is 188 g/mol. The Morgan fingerprint density at radius 3 is 2.67 bits per heavy atom. The topological polar surface area (TPSA) is 3.24 Å². The maximum Gasteiger partial charge on any atom is 0.0373 e. The van der Waals surface area contributed by atoms with Gasteiger partial charge < -0.3 is 4.90 Å². The van der Waals surface area contributed by atoms with E-state index in [-0.39, 0.29) is 0 Å². The van der Waals surface area contributed by atoms with E-state index in [2.05, 4.69) is 25.6 Å². The molecule has 0 bridgehead atoms. The highest BCUT2D eigenvalue weighted by molar-refractivity contribution is 6.20. The van der Waals surface area contributed by atoms with Crippen molar-refractivity contribution in [2.45, 2.75) is 24.6 Å². The molecule has 0 aliphatic heterocycles. The van der Waals surface area contributed by atoms with E-state index in [4.69, 9.17) is 11.6 Å². The lowest BCUT2D eigenvalue weighted by Crippen LogP contribution is -2.27. The van der Waals surface area contributed by atoms with Crippen molar-refractivity contribution in [3.8, 4) is 0 Å². The lowest BCUT2D eigenvalue weighted by molar-refractivity contribution is 0.315. The number of hydrogen-bond donors (Lipinski definition) is 0. The molecule has 0 heterocycles. The molecule has 0 N–H and O–H groups in total. The van der Waals surface area contributed by atoms with Gasteiger partial charge in [-0.15, -0.1) is 11.6 Å². The molecule has 0 amide bonds. The molecule has 1 aliphatic carbocycles. The summed E-state index contributed by atoms with van der Waals surface area (Å²) in [6, 6.07) is 0.